The highest BCUT2D eigenvalue weighted by Gasteiger charge is 2.11. The van der Waals surface area contributed by atoms with Crippen LogP contribution in [0.2, 0.25) is 0 Å². The van der Waals surface area contributed by atoms with E-state index in [1.165, 1.54) is 10.6 Å². The highest BCUT2D eigenvalue weighted by molar-refractivity contribution is 5.87. The zero-order valence-corrected chi connectivity index (χ0v) is 9.96. The van der Waals surface area contributed by atoms with Crippen LogP contribution in [0.15, 0.2) is 47.4 Å². The van der Waals surface area contributed by atoms with Crippen molar-refractivity contribution in [2.75, 3.05) is 0 Å². The van der Waals surface area contributed by atoms with E-state index in [1.807, 2.05) is 30.3 Å². The predicted octanol–water partition coefficient (Wildman–Crippen LogP) is 1.90. The molecular weight excluding hydrogens is 230 g/mol. The van der Waals surface area contributed by atoms with E-state index in [0.29, 0.717) is 6.54 Å². The van der Waals surface area contributed by atoms with Crippen LogP contribution in [0.5, 0.6) is 0 Å². The van der Waals surface area contributed by atoms with Crippen LogP contribution in [0.25, 0.3) is 0 Å². The number of hydrogen-bond acceptors (Lipinski definition) is 2. The number of aromatic nitrogens is 1. The molecule has 4 heteroatoms. The molecule has 0 amide bonds. The van der Waals surface area contributed by atoms with Gasteiger partial charge in [0.25, 0.3) is 5.56 Å². The number of benzene rings is 1. The zero-order valence-electron chi connectivity index (χ0n) is 9.96. The van der Waals surface area contributed by atoms with Gasteiger partial charge in [0.15, 0.2) is 0 Å². The van der Waals surface area contributed by atoms with Crippen molar-refractivity contribution in [2.24, 2.45) is 0 Å². The SMILES string of the molecule is Cc1cc(C(=O)O)c(=O)n(Cc2ccccc2)c1. The lowest BCUT2D eigenvalue weighted by Crippen LogP contribution is -2.26. The molecule has 0 atom stereocenters. The fourth-order valence-electron chi connectivity index (χ4n) is 1.84. The van der Waals surface area contributed by atoms with Crippen LogP contribution < -0.4 is 5.56 Å². The number of aromatic carboxylic acids is 1. The van der Waals surface area contributed by atoms with Gasteiger partial charge in [0, 0.05) is 6.20 Å². The van der Waals surface area contributed by atoms with Crippen LogP contribution in [-0.4, -0.2) is 15.6 Å². The van der Waals surface area contributed by atoms with Gasteiger partial charge in [0.2, 0.25) is 0 Å². The quantitative estimate of drug-likeness (QED) is 0.895. The molecule has 0 aliphatic carbocycles. The third kappa shape index (κ3) is 2.48. The lowest BCUT2D eigenvalue weighted by molar-refractivity contribution is 0.0694. The normalized spacial score (nSPS) is 10.3. The van der Waals surface area contributed by atoms with Crippen molar-refractivity contribution in [3.63, 3.8) is 0 Å². The molecule has 1 heterocycles. The molecule has 18 heavy (non-hydrogen) atoms. The number of carboxylic acid groups (broad SMARTS) is 1. The maximum Gasteiger partial charge on any atom is 0.341 e. The molecule has 0 aliphatic heterocycles. The number of rotatable bonds is 3. The molecule has 4 nitrogen and oxygen atoms in total. The minimum Gasteiger partial charge on any atom is -0.477 e. The Labute approximate surface area is 104 Å². The van der Waals surface area contributed by atoms with Crippen molar-refractivity contribution >= 4 is 5.97 Å². The maximum absolute atomic E-state index is 11.9. The zero-order chi connectivity index (χ0) is 13.1. The van der Waals surface area contributed by atoms with Crippen molar-refractivity contribution in [1.82, 2.24) is 4.57 Å². The van der Waals surface area contributed by atoms with Gasteiger partial charge in [-0.2, -0.15) is 0 Å². The molecule has 1 aromatic carbocycles. The fourth-order valence-corrected chi connectivity index (χ4v) is 1.84. The second-order valence-electron chi connectivity index (χ2n) is 4.15. The molecule has 0 unspecified atom stereocenters. The average Bonchev–Trinajstić information content (AvgIpc) is 2.34. The highest BCUT2D eigenvalue weighted by atomic mass is 16.4. The van der Waals surface area contributed by atoms with E-state index in [0.717, 1.165) is 11.1 Å². The monoisotopic (exact) mass is 243 g/mol. The summed E-state index contributed by atoms with van der Waals surface area (Å²) >= 11 is 0. The summed E-state index contributed by atoms with van der Waals surface area (Å²) in [7, 11) is 0. The standard InChI is InChI=1S/C14H13NO3/c1-10-7-12(14(17)18)13(16)15(8-10)9-11-5-3-2-4-6-11/h2-8H,9H2,1H3,(H,17,18). The van der Waals surface area contributed by atoms with Gasteiger partial charge < -0.3 is 9.67 Å². The topological polar surface area (TPSA) is 59.3 Å². The van der Waals surface area contributed by atoms with Crippen LogP contribution >= 0.6 is 0 Å². The van der Waals surface area contributed by atoms with Crippen LogP contribution in [0.1, 0.15) is 21.5 Å². The second kappa shape index (κ2) is 4.87. The number of nitrogens with zero attached hydrogens (tertiary/aromatic N) is 1. The van der Waals surface area contributed by atoms with Gasteiger partial charge in [-0.25, -0.2) is 4.79 Å². The Bertz CT molecular complexity index is 629. The first-order chi connectivity index (χ1) is 8.58. The highest BCUT2D eigenvalue weighted by Crippen LogP contribution is 2.04. The molecule has 1 aromatic heterocycles. The third-order valence-electron chi connectivity index (χ3n) is 2.65. The lowest BCUT2D eigenvalue weighted by Gasteiger charge is -2.08. The number of aryl methyl sites for hydroxylation is 1. The van der Waals surface area contributed by atoms with Gasteiger partial charge in [0.1, 0.15) is 5.56 Å². The minimum absolute atomic E-state index is 0.189. The van der Waals surface area contributed by atoms with Crippen molar-refractivity contribution in [1.29, 1.82) is 0 Å². The van der Waals surface area contributed by atoms with E-state index < -0.39 is 11.5 Å². The summed E-state index contributed by atoms with van der Waals surface area (Å²) in [5.41, 5.74) is 1.05. The molecule has 0 fully saturated rings. The Kier molecular flexibility index (Phi) is 3.28. The second-order valence-corrected chi connectivity index (χ2v) is 4.15. The van der Waals surface area contributed by atoms with E-state index in [2.05, 4.69) is 0 Å². The van der Waals surface area contributed by atoms with Gasteiger partial charge in [-0.3, -0.25) is 4.79 Å². The van der Waals surface area contributed by atoms with E-state index in [4.69, 9.17) is 5.11 Å². The van der Waals surface area contributed by atoms with E-state index >= 15 is 0 Å². The van der Waals surface area contributed by atoms with Crippen LogP contribution in [0.3, 0.4) is 0 Å². The first-order valence-electron chi connectivity index (χ1n) is 5.56. The Hall–Kier alpha value is -2.36. The summed E-state index contributed by atoms with van der Waals surface area (Å²) in [4.78, 5) is 22.9. The Morgan fingerprint density at radius 3 is 2.56 bits per heavy atom. The number of carbonyl (C=O) groups is 1. The first-order valence-corrected chi connectivity index (χ1v) is 5.56. The molecule has 0 spiro atoms. The molecule has 2 aromatic rings. The molecule has 0 saturated heterocycles. The summed E-state index contributed by atoms with van der Waals surface area (Å²) in [5.74, 6) is -1.19. The molecule has 0 bridgehead atoms. The van der Waals surface area contributed by atoms with Crippen molar-refractivity contribution in [3.05, 3.63) is 69.6 Å². The molecule has 92 valence electrons. The maximum atomic E-state index is 11.9. The number of hydrogen-bond donors (Lipinski definition) is 1. The van der Waals surface area contributed by atoms with Crippen molar-refractivity contribution in [2.45, 2.75) is 13.5 Å². The fraction of sp³-hybridized carbons (Fsp3) is 0.143. The molecule has 0 radical (unpaired) electrons. The molecule has 0 aliphatic rings. The van der Waals surface area contributed by atoms with Gasteiger partial charge in [0.05, 0.1) is 6.54 Å². The Morgan fingerprint density at radius 1 is 1.28 bits per heavy atom. The van der Waals surface area contributed by atoms with E-state index in [1.54, 1.807) is 13.1 Å². The molecule has 0 saturated carbocycles. The predicted molar refractivity (Wildman–Crippen MR) is 67.9 cm³/mol. The van der Waals surface area contributed by atoms with Crippen LogP contribution in [-0.2, 0) is 6.54 Å². The van der Waals surface area contributed by atoms with Gasteiger partial charge in [-0.1, -0.05) is 30.3 Å². The van der Waals surface area contributed by atoms with Crippen molar-refractivity contribution < 1.29 is 9.90 Å². The Balaban J connectivity index is 2.46. The third-order valence-corrected chi connectivity index (χ3v) is 2.65. The van der Waals surface area contributed by atoms with E-state index in [9.17, 15) is 9.59 Å². The number of pyridine rings is 1. The van der Waals surface area contributed by atoms with Crippen LogP contribution in [0.4, 0.5) is 0 Å². The summed E-state index contributed by atoms with van der Waals surface area (Å²) in [6.07, 6.45) is 1.67. The summed E-state index contributed by atoms with van der Waals surface area (Å²) in [6.45, 7) is 2.15. The lowest BCUT2D eigenvalue weighted by atomic mass is 10.2. The minimum atomic E-state index is -1.19. The molecule has 2 rings (SSSR count). The first kappa shape index (κ1) is 12.1. The largest absolute Gasteiger partial charge is 0.477 e. The van der Waals surface area contributed by atoms with Gasteiger partial charge in [-0.05, 0) is 24.1 Å². The smallest absolute Gasteiger partial charge is 0.341 e. The van der Waals surface area contributed by atoms with E-state index in [-0.39, 0.29) is 5.56 Å². The molecule has 1 N–H and O–H groups in total. The summed E-state index contributed by atoms with van der Waals surface area (Å²) in [6, 6.07) is 10.9. The van der Waals surface area contributed by atoms with Gasteiger partial charge in [-0.15, -0.1) is 0 Å². The van der Waals surface area contributed by atoms with Crippen LogP contribution in [0, 0.1) is 6.92 Å². The summed E-state index contributed by atoms with van der Waals surface area (Å²) < 4.78 is 1.42. The van der Waals surface area contributed by atoms with Gasteiger partial charge >= 0.3 is 5.97 Å². The number of carboxylic acids is 1. The Morgan fingerprint density at radius 2 is 1.94 bits per heavy atom. The van der Waals surface area contributed by atoms with Crippen molar-refractivity contribution in [3.8, 4) is 0 Å². The summed E-state index contributed by atoms with van der Waals surface area (Å²) in [5, 5.41) is 8.97. The molecular formula is C14H13NO3. The average molecular weight is 243 g/mol.